The van der Waals surface area contributed by atoms with E-state index in [-0.39, 0.29) is 45.6 Å². The minimum absolute atomic E-state index is 0.0523. The molecule has 0 aliphatic rings. The summed E-state index contributed by atoms with van der Waals surface area (Å²) in [5, 5.41) is 2.64. The average Bonchev–Trinajstić information content (AvgIpc) is 2.93. The van der Waals surface area contributed by atoms with E-state index in [1.807, 2.05) is 0 Å². The third-order valence-corrected chi connectivity index (χ3v) is 7.22. The molecule has 0 bridgehead atoms. The number of carbonyl (C=O) groups excluding carboxylic acids is 3. The summed E-state index contributed by atoms with van der Waals surface area (Å²) >= 11 is 0. The maximum atomic E-state index is 14.2. The van der Waals surface area contributed by atoms with Crippen molar-refractivity contribution in [2.75, 3.05) is 39.2 Å². The summed E-state index contributed by atoms with van der Waals surface area (Å²) in [4.78, 5) is 39.2. The van der Waals surface area contributed by atoms with E-state index in [1.54, 1.807) is 44.2 Å². The molecule has 0 atom stereocenters. The number of halogens is 3. The van der Waals surface area contributed by atoms with Crippen LogP contribution in [-0.2, 0) is 34.5 Å². The van der Waals surface area contributed by atoms with Crippen LogP contribution in [0.2, 0.25) is 0 Å². The normalized spacial score (nSPS) is 11.6. The van der Waals surface area contributed by atoms with Crippen molar-refractivity contribution in [2.24, 2.45) is 0 Å². The van der Waals surface area contributed by atoms with Crippen LogP contribution in [0.5, 0.6) is 0 Å². The van der Waals surface area contributed by atoms with Gasteiger partial charge in [-0.25, -0.2) is 22.8 Å². The van der Waals surface area contributed by atoms with Gasteiger partial charge in [0.1, 0.15) is 24.3 Å². The van der Waals surface area contributed by atoms with Crippen LogP contribution in [0.15, 0.2) is 54.2 Å². The quantitative estimate of drug-likeness (QED) is 0.0406. The molecular weight excluding hydrogens is 568 g/mol. The Labute approximate surface area is 235 Å². The Kier molecular flexibility index (Phi) is 13.5. The molecular formula is C27H32F3N2O8P. The van der Waals surface area contributed by atoms with Crippen LogP contribution in [0.25, 0.3) is 0 Å². The summed E-state index contributed by atoms with van der Waals surface area (Å²) in [5.41, 5.74) is -0.878. The minimum atomic E-state index is -3.74. The minimum Gasteiger partial charge on any atom is -0.462 e. The second-order valence-corrected chi connectivity index (χ2v) is 10.2. The molecule has 2 rings (SSSR count). The van der Waals surface area contributed by atoms with Crippen LogP contribution in [0.3, 0.4) is 0 Å². The molecule has 41 heavy (non-hydrogen) atoms. The highest BCUT2D eigenvalue weighted by Crippen LogP contribution is 2.48. The Balaban J connectivity index is 2.23. The van der Waals surface area contributed by atoms with Crippen molar-refractivity contribution in [1.29, 1.82) is 0 Å². The summed E-state index contributed by atoms with van der Waals surface area (Å²) in [6, 6.07) is 9.36. The Hall–Kier alpha value is -3.67. The van der Waals surface area contributed by atoms with E-state index < -0.39 is 60.3 Å². The van der Waals surface area contributed by atoms with E-state index in [0.29, 0.717) is 11.6 Å². The third-order valence-electron chi connectivity index (χ3n) is 5.23. The highest BCUT2D eigenvalue weighted by Gasteiger charge is 2.31. The Morgan fingerprint density at radius 1 is 0.902 bits per heavy atom. The predicted molar refractivity (Wildman–Crippen MR) is 142 cm³/mol. The van der Waals surface area contributed by atoms with E-state index in [1.165, 1.54) is 6.92 Å². The fourth-order valence-electron chi connectivity index (χ4n) is 3.39. The van der Waals surface area contributed by atoms with Gasteiger partial charge in [0, 0.05) is 25.4 Å². The van der Waals surface area contributed by atoms with Gasteiger partial charge in [-0.2, -0.15) is 0 Å². The van der Waals surface area contributed by atoms with Crippen LogP contribution in [0.4, 0.5) is 18.0 Å². The molecule has 14 heteroatoms. The zero-order chi connectivity index (χ0) is 30.4. The highest BCUT2D eigenvalue weighted by molar-refractivity contribution is 7.53. The van der Waals surface area contributed by atoms with Gasteiger partial charge in [-0.1, -0.05) is 30.3 Å². The van der Waals surface area contributed by atoms with E-state index in [4.69, 9.17) is 18.5 Å². The first-order chi connectivity index (χ1) is 19.5. The fraction of sp³-hybridized carbons (Fsp3) is 0.370. The molecule has 1 amide bonds. The number of ether oxygens (including phenoxy) is 2. The molecule has 0 radical (unpaired) electrons. The smallest absolute Gasteiger partial charge is 0.410 e. The number of carbonyl (C=O) groups is 3. The summed E-state index contributed by atoms with van der Waals surface area (Å²) in [5.74, 6) is -6.77. The van der Waals surface area contributed by atoms with Crippen molar-refractivity contribution >= 4 is 25.4 Å². The first kappa shape index (κ1) is 33.5. The SMILES string of the molecule is CCOC(=O)C(=CNCCN(CP(=O)(OCC)OCC)C(=O)OCc1ccccc1)C(=O)c1cc(F)c(F)cc1F. The van der Waals surface area contributed by atoms with Crippen molar-refractivity contribution in [3.05, 3.63) is 82.8 Å². The molecule has 2 aromatic carbocycles. The second kappa shape index (κ2) is 16.6. The lowest BCUT2D eigenvalue weighted by molar-refractivity contribution is -0.138. The monoisotopic (exact) mass is 600 g/mol. The number of hydrogen-bond donors (Lipinski definition) is 1. The number of nitrogens with one attached hydrogen (secondary N) is 1. The van der Waals surface area contributed by atoms with Gasteiger partial charge in [-0.15, -0.1) is 0 Å². The average molecular weight is 601 g/mol. The number of esters is 1. The van der Waals surface area contributed by atoms with Gasteiger partial charge in [-0.3, -0.25) is 14.3 Å². The lowest BCUT2D eigenvalue weighted by Gasteiger charge is -2.26. The molecule has 0 aromatic heterocycles. The number of rotatable bonds is 16. The van der Waals surface area contributed by atoms with Crippen molar-refractivity contribution in [2.45, 2.75) is 27.4 Å². The molecule has 224 valence electrons. The first-order valence-electron chi connectivity index (χ1n) is 12.7. The van der Waals surface area contributed by atoms with Gasteiger partial charge in [-0.05, 0) is 32.4 Å². The van der Waals surface area contributed by atoms with E-state index in [2.05, 4.69) is 5.32 Å². The number of ketones is 1. The molecule has 0 unspecified atom stereocenters. The molecule has 0 fully saturated rings. The van der Waals surface area contributed by atoms with E-state index >= 15 is 0 Å². The topological polar surface area (TPSA) is 120 Å². The largest absolute Gasteiger partial charge is 0.462 e. The summed E-state index contributed by atoms with van der Waals surface area (Å²) in [6.45, 7) is 4.30. The third kappa shape index (κ3) is 10.3. The molecule has 0 saturated heterocycles. The Morgan fingerprint density at radius 2 is 1.54 bits per heavy atom. The lowest BCUT2D eigenvalue weighted by atomic mass is 10.0. The summed E-state index contributed by atoms with van der Waals surface area (Å²) in [6.07, 6.45) is -0.402. The lowest BCUT2D eigenvalue weighted by Crippen LogP contribution is -2.37. The number of amides is 1. The second-order valence-electron chi connectivity index (χ2n) is 8.20. The first-order valence-corrected chi connectivity index (χ1v) is 14.4. The van der Waals surface area contributed by atoms with Crippen molar-refractivity contribution in [3.8, 4) is 0 Å². The van der Waals surface area contributed by atoms with Crippen molar-refractivity contribution in [3.63, 3.8) is 0 Å². The zero-order valence-electron chi connectivity index (χ0n) is 22.9. The molecule has 2 aromatic rings. The maximum Gasteiger partial charge on any atom is 0.410 e. The number of benzene rings is 2. The number of hydrogen-bond acceptors (Lipinski definition) is 9. The standard InChI is InChI=1S/C27H32F3N2O8P/c1-4-37-26(34)21(25(33)20-14-23(29)24(30)15-22(20)28)16-31-12-13-32(18-41(36,39-5-2)40-6-3)27(35)38-17-19-10-8-7-9-11-19/h7-11,14-16,31H,4-6,12-13,17-18H2,1-3H3. The predicted octanol–water partition coefficient (Wildman–Crippen LogP) is 5.19. The van der Waals surface area contributed by atoms with Gasteiger partial charge >= 0.3 is 19.7 Å². The molecule has 0 aliphatic carbocycles. The van der Waals surface area contributed by atoms with Crippen molar-refractivity contribution in [1.82, 2.24) is 10.2 Å². The Bertz CT molecular complexity index is 1270. The number of Topliss-reactive ketones (excluding diaryl/α,β-unsaturated/α-hetero) is 1. The highest BCUT2D eigenvalue weighted by atomic mass is 31.2. The van der Waals surface area contributed by atoms with E-state index in [0.717, 1.165) is 11.1 Å². The maximum absolute atomic E-state index is 14.2. The van der Waals surface area contributed by atoms with E-state index in [9.17, 15) is 32.1 Å². The van der Waals surface area contributed by atoms with Gasteiger partial charge < -0.3 is 23.8 Å². The van der Waals surface area contributed by atoms with Gasteiger partial charge in [0.25, 0.3) is 0 Å². The van der Waals surface area contributed by atoms with Gasteiger partial charge in [0.2, 0.25) is 5.78 Å². The fourth-order valence-corrected chi connectivity index (χ4v) is 5.09. The van der Waals surface area contributed by atoms with Crippen LogP contribution >= 0.6 is 7.60 Å². The number of nitrogens with zero attached hydrogens (tertiary/aromatic N) is 1. The van der Waals surface area contributed by atoms with Gasteiger partial charge in [0.15, 0.2) is 11.6 Å². The van der Waals surface area contributed by atoms with Crippen LogP contribution in [0, 0.1) is 17.5 Å². The summed E-state index contributed by atoms with van der Waals surface area (Å²) < 4.78 is 75.1. The van der Waals surface area contributed by atoms with Crippen LogP contribution in [0.1, 0.15) is 36.7 Å². The van der Waals surface area contributed by atoms with Crippen LogP contribution in [-0.4, -0.2) is 61.9 Å². The van der Waals surface area contributed by atoms with Gasteiger partial charge in [0.05, 0.1) is 25.4 Å². The molecule has 0 heterocycles. The zero-order valence-corrected chi connectivity index (χ0v) is 23.8. The molecule has 10 nitrogen and oxygen atoms in total. The molecule has 0 saturated carbocycles. The van der Waals surface area contributed by atoms with Crippen molar-refractivity contribution < 1.29 is 50.6 Å². The molecule has 1 N–H and O–H groups in total. The Morgan fingerprint density at radius 3 is 2.15 bits per heavy atom. The van der Waals surface area contributed by atoms with Crippen LogP contribution < -0.4 is 5.32 Å². The summed E-state index contributed by atoms with van der Waals surface area (Å²) in [7, 11) is -3.74. The molecule has 0 aliphatic heterocycles. The molecule has 0 spiro atoms.